The van der Waals surface area contributed by atoms with Crippen LogP contribution in [0.5, 0.6) is 0 Å². The smallest absolute Gasteiger partial charge is 0.247 e. The van der Waals surface area contributed by atoms with E-state index < -0.39 is 11.3 Å². The van der Waals surface area contributed by atoms with Crippen molar-refractivity contribution in [2.45, 2.75) is 17.7 Å². The number of halogens is 1. The molecule has 3 amide bonds. The molecule has 3 heterocycles. The fourth-order valence-electron chi connectivity index (χ4n) is 3.46. The Bertz CT molecular complexity index is 987. The Morgan fingerprint density at radius 2 is 2.10 bits per heavy atom. The van der Waals surface area contributed by atoms with Crippen molar-refractivity contribution in [3.8, 4) is 0 Å². The summed E-state index contributed by atoms with van der Waals surface area (Å²) in [5.74, 6) is 0.0468. The second kappa shape index (κ2) is 9.34. The molecule has 31 heavy (non-hydrogen) atoms. The number of hydrogen-bond donors (Lipinski definition) is 3. The quantitative estimate of drug-likeness (QED) is 0.636. The Hall–Kier alpha value is -3.14. The average Bonchev–Trinajstić information content (AvgIpc) is 2.77. The number of pyridine rings is 1. The van der Waals surface area contributed by atoms with Crippen molar-refractivity contribution in [1.29, 1.82) is 0 Å². The maximum atomic E-state index is 13.9. The van der Waals surface area contributed by atoms with E-state index in [0.717, 1.165) is 0 Å². The summed E-state index contributed by atoms with van der Waals surface area (Å²) >= 11 is 1.34. The second-order valence-electron chi connectivity index (χ2n) is 7.34. The van der Waals surface area contributed by atoms with E-state index in [1.54, 1.807) is 30.3 Å². The lowest BCUT2D eigenvalue weighted by Crippen LogP contribution is -2.52. The molecule has 2 saturated heterocycles. The minimum atomic E-state index is -0.681. The summed E-state index contributed by atoms with van der Waals surface area (Å²) in [6.07, 6.45) is 1.80. The summed E-state index contributed by atoms with van der Waals surface area (Å²) in [5, 5.41) is 7.80. The molecule has 10 heteroatoms. The molecule has 162 valence electrons. The molecule has 1 aromatic heterocycles. The van der Waals surface area contributed by atoms with E-state index in [1.165, 1.54) is 24.0 Å². The molecular weight excluding hydrogens is 421 g/mol. The van der Waals surface area contributed by atoms with Crippen LogP contribution >= 0.6 is 11.8 Å². The molecule has 3 N–H and O–H groups in total. The van der Waals surface area contributed by atoms with Crippen LogP contribution in [-0.2, 0) is 20.8 Å². The minimum Gasteiger partial charge on any atom is -0.353 e. The number of benzene rings is 1. The SMILES string of the molecule is O=C1CN(c2ccc(NC(=O)[C@@H]3CS[C@@H](Cc4ccccc4F)C(=O)N3)cn2)CCN1. The molecule has 8 nitrogen and oxygen atoms in total. The average molecular weight is 444 g/mol. The highest BCUT2D eigenvalue weighted by Crippen LogP contribution is 2.24. The standard InChI is InChI=1S/C21H22FN5O3S/c22-15-4-2-1-3-13(15)9-17-21(30)26-16(12-31-17)20(29)25-14-5-6-18(24-10-14)27-8-7-23-19(28)11-27/h1-6,10,16-17H,7-9,11-12H2,(H,23,28)(H,25,29)(H,26,30)/t16-,17-/m0/s1. The number of carbonyl (C=O) groups is 3. The van der Waals surface area contributed by atoms with Crippen LogP contribution in [0.1, 0.15) is 5.56 Å². The number of nitrogens with one attached hydrogen (secondary N) is 3. The third-order valence-corrected chi connectivity index (χ3v) is 6.44. The molecule has 2 atom stereocenters. The number of amides is 3. The van der Waals surface area contributed by atoms with Crippen LogP contribution in [0.4, 0.5) is 15.9 Å². The fraction of sp³-hybridized carbons (Fsp3) is 0.333. The Morgan fingerprint density at radius 1 is 1.26 bits per heavy atom. The van der Waals surface area contributed by atoms with Crippen LogP contribution in [0.15, 0.2) is 42.6 Å². The highest BCUT2D eigenvalue weighted by atomic mass is 32.2. The van der Waals surface area contributed by atoms with Crippen LogP contribution < -0.4 is 20.9 Å². The zero-order chi connectivity index (χ0) is 21.8. The first-order chi connectivity index (χ1) is 15.0. The number of thioether (sulfide) groups is 1. The van der Waals surface area contributed by atoms with Crippen molar-refractivity contribution in [2.75, 3.05) is 35.6 Å². The summed E-state index contributed by atoms with van der Waals surface area (Å²) in [7, 11) is 0. The molecule has 0 unspecified atom stereocenters. The Kier molecular flexibility index (Phi) is 6.36. The van der Waals surface area contributed by atoms with E-state index in [-0.39, 0.29) is 36.5 Å². The predicted molar refractivity (Wildman–Crippen MR) is 116 cm³/mol. The van der Waals surface area contributed by atoms with Gasteiger partial charge in [0.25, 0.3) is 0 Å². The molecule has 0 radical (unpaired) electrons. The molecule has 2 aromatic rings. The van der Waals surface area contributed by atoms with Gasteiger partial charge in [-0.1, -0.05) is 18.2 Å². The number of piperazine rings is 1. The topological polar surface area (TPSA) is 103 Å². The monoisotopic (exact) mass is 443 g/mol. The third kappa shape index (κ3) is 5.13. The van der Waals surface area contributed by atoms with E-state index in [2.05, 4.69) is 20.9 Å². The molecule has 0 bridgehead atoms. The molecule has 0 saturated carbocycles. The van der Waals surface area contributed by atoms with E-state index in [9.17, 15) is 18.8 Å². The van der Waals surface area contributed by atoms with Crippen molar-refractivity contribution >= 4 is 41.0 Å². The normalized spacial score (nSPS) is 21.3. The summed E-state index contributed by atoms with van der Waals surface area (Å²) in [4.78, 5) is 42.7. The lowest BCUT2D eigenvalue weighted by molar-refractivity contribution is -0.126. The van der Waals surface area contributed by atoms with Crippen molar-refractivity contribution < 1.29 is 18.8 Å². The maximum absolute atomic E-state index is 13.9. The van der Waals surface area contributed by atoms with Gasteiger partial charge in [0.15, 0.2) is 0 Å². The maximum Gasteiger partial charge on any atom is 0.247 e. The van der Waals surface area contributed by atoms with Crippen molar-refractivity contribution in [1.82, 2.24) is 15.6 Å². The van der Waals surface area contributed by atoms with Gasteiger partial charge in [-0.2, -0.15) is 0 Å². The first-order valence-corrected chi connectivity index (χ1v) is 11.0. The molecule has 4 rings (SSSR count). The summed E-state index contributed by atoms with van der Waals surface area (Å²) in [6.45, 7) is 1.48. The Morgan fingerprint density at radius 3 is 2.81 bits per heavy atom. The minimum absolute atomic E-state index is 0.0516. The van der Waals surface area contributed by atoms with Gasteiger partial charge >= 0.3 is 0 Å². The molecule has 2 aliphatic heterocycles. The number of anilines is 2. The third-order valence-electron chi connectivity index (χ3n) is 5.13. The van der Waals surface area contributed by atoms with Gasteiger partial charge in [-0.3, -0.25) is 14.4 Å². The van der Waals surface area contributed by atoms with Gasteiger partial charge in [0.1, 0.15) is 17.7 Å². The van der Waals surface area contributed by atoms with Gasteiger partial charge in [0.05, 0.1) is 23.7 Å². The molecule has 2 fully saturated rings. The number of hydrogen-bond acceptors (Lipinski definition) is 6. The largest absolute Gasteiger partial charge is 0.353 e. The van der Waals surface area contributed by atoms with Crippen molar-refractivity contribution in [2.24, 2.45) is 0 Å². The first-order valence-electron chi connectivity index (χ1n) is 9.93. The first kappa shape index (κ1) is 21.1. The van der Waals surface area contributed by atoms with E-state index in [4.69, 9.17) is 0 Å². The van der Waals surface area contributed by atoms with Gasteiger partial charge in [-0.15, -0.1) is 11.8 Å². The highest BCUT2D eigenvalue weighted by molar-refractivity contribution is 8.00. The lowest BCUT2D eigenvalue weighted by Gasteiger charge is -2.28. The number of rotatable bonds is 5. The van der Waals surface area contributed by atoms with Gasteiger partial charge in [0, 0.05) is 18.8 Å². The zero-order valence-corrected chi connectivity index (χ0v) is 17.5. The molecule has 2 aliphatic rings. The van der Waals surface area contributed by atoms with Crippen LogP contribution in [0, 0.1) is 5.82 Å². The van der Waals surface area contributed by atoms with Crippen molar-refractivity contribution in [3.63, 3.8) is 0 Å². The molecule has 0 aliphatic carbocycles. The predicted octanol–water partition coefficient (Wildman–Crippen LogP) is 0.938. The molecule has 1 aromatic carbocycles. The van der Waals surface area contributed by atoms with Gasteiger partial charge < -0.3 is 20.9 Å². The molecular formula is C21H22FN5O3S. The number of nitrogens with zero attached hydrogens (tertiary/aromatic N) is 2. The molecule has 0 spiro atoms. The van der Waals surface area contributed by atoms with Gasteiger partial charge in [-0.05, 0) is 30.2 Å². The van der Waals surface area contributed by atoms with Crippen LogP contribution in [0.3, 0.4) is 0 Å². The highest BCUT2D eigenvalue weighted by Gasteiger charge is 2.33. The van der Waals surface area contributed by atoms with Gasteiger partial charge in [0.2, 0.25) is 17.7 Å². The Balaban J connectivity index is 1.31. The number of aromatic nitrogens is 1. The lowest BCUT2D eigenvalue weighted by atomic mass is 10.1. The second-order valence-corrected chi connectivity index (χ2v) is 8.58. The van der Waals surface area contributed by atoms with Crippen molar-refractivity contribution in [3.05, 3.63) is 54.0 Å². The number of carbonyl (C=O) groups excluding carboxylic acids is 3. The van der Waals surface area contributed by atoms with E-state index in [0.29, 0.717) is 35.9 Å². The van der Waals surface area contributed by atoms with E-state index >= 15 is 0 Å². The van der Waals surface area contributed by atoms with Crippen LogP contribution in [0.25, 0.3) is 0 Å². The Labute approximate surface area is 183 Å². The fourth-order valence-corrected chi connectivity index (χ4v) is 4.64. The van der Waals surface area contributed by atoms with Crippen LogP contribution in [-0.4, -0.2) is 59.4 Å². The van der Waals surface area contributed by atoms with Crippen LogP contribution in [0.2, 0.25) is 0 Å². The van der Waals surface area contributed by atoms with Gasteiger partial charge in [-0.25, -0.2) is 9.37 Å². The zero-order valence-electron chi connectivity index (χ0n) is 16.6. The van der Waals surface area contributed by atoms with E-state index in [1.807, 2.05) is 4.90 Å². The summed E-state index contributed by atoms with van der Waals surface area (Å²) < 4.78 is 13.9. The summed E-state index contributed by atoms with van der Waals surface area (Å²) in [6, 6.07) is 9.15. The summed E-state index contributed by atoms with van der Waals surface area (Å²) in [5.41, 5.74) is 0.985.